The number of hydrogen-bond donors (Lipinski definition) is 2. The predicted molar refractivity (Wildman–Crippen MR) is 111 cm³/mol. The SMILES string of the molecule is CCc1ccc2[nH]c3c(c(=O)c2c1)CN(CC(=O)NCc1ccc(F)cc1)CC3. The van der Waals surface area contributed by atoms with Gasteiger partial charge in [0.2, 0.25) is 5.91 Å². The minimum Gasteiger partial charge on any atom is -0.358 e. The number of benzene rings is 2. The molecule has 0 saturated heterocycles. The summed E-state index contributed by atoms with van der Waals surface area (Å²) in [4.78, 5) is 30.8. The molecule has 5 nitrogen and oxygen atoms in total. The summed E-state index contributed by atoms with van der Waals surface area (Å²) in [5.74, 6) is -0.404. The van der Waals surface area contributed by atoms with E-state index in [0.29, 0.717) is 31.4 Å². The molecule has 2 N–H and O–H groups in total. The summed E-state index contributed by atoms with van der Waals surface area (Å²) in [6, 6.07) is 12.1. The molecule has 2 heterocycles. The van der Waals surface area contributed by atoms with Crippen molar-refractivity contribution < 1.29 is 9.18 Å². The van der Waals surface area contributed by atoms with Crippen molar-refractivity contribution in [3.05, 3.63) is 80.9 Å². The molecule has 0 bridgehead atoms. The van der Waals surface area contributed by atoms with Crippen molar-refractivity contribution in [1.82, 2.24) is 15.2 Å². The molecule has 0 fully saturated rings. The zero-order valence-corrected chi connectivity index (χ0v) is 16.4. The van der Waals surface area contributed by atoms with Gasteiger partial charge in [0, 0.05) is 48.2 Å². The smallest absolute Gasteiger partial charge is 0.234 e. The maximum absolute atomic E-state index is 13.0. The molecule has 3 aromatic rings. The Hall–Kier alpha value is -2.99. The van der Waals surface area contributed by atoms with Gasteiger partial charge in [0.05, 0.1) is 6.54 Å². The van der Waals surface area contributed by atoms with Crippen molar-refractivity contribution in [2.24, 2.45) is 0 Å². The fourth-order valence-electron chi connectivity index (χ4n) is 3.80. The largest absolute Gasteiger partial charge is 0.358 e. The standard InChI is InChI=1S/C23H24FN3O2/c1-2-15-5-8-20-18(11-15)23(29)19-13-27(10-9-21(19)26-20)14-22(28)25-12-16-3-6-17(24)7-4-16/h3-8,11H,2,9-10,12-14H2,1H3,(H,25,28)(H,26,29). The van der Waals surface area contributed by atoms with E-state index >= 15 is 0 Å². The lowest BCUT2D eigenvalue weighted by molar-refractivity contribution is -0.122. The second-order valence-corrected chi connectivity index (χ2v) is 7.51. The number of H-pyrrole nitrogens is 1. The predicted octanol–water partition coefficient (Wildman–Crippen LogP) is 2.90. The maximum Gasteiger partial charge on any atom is 0.234 e. The Balaban J connectivity index is 1.45. The van der Waals surface area contributed by atoms with Crippen LogP contribution < -0.4 is 10.7 Å². The Morgan fingerprint density at radius 2 is 1.93 bits per heavy atom. The number of carbonyl (C=O) groups is 1. The highest BCUT2D eigenvalue weighted by molar-refractivity contribution is 5.80. The Bertz CT molecular complexity index is 1110. The molecule has 1 aliphatic rings. The highest BCUT2D eigenvalue weighted by Crippen LogP contribution is 2.19. The van der Waals surface area contributed by atoms with Crippen LogP contribution in [0.1, 0.15) is 29.3 Å². The fourth-order valence-corrected chi connectivity index (χ4v) is 3.80. The molecule has 4 rings (SSSR count). The van der Waals surface area contributed by atoms with Crippen LogP contribution in [-0.4, -0.2) is 28.9 Å². The molecule has 2 aromatic carbocycles. The lowest BCUT2D eigenvalue weighted by atomic mass is 10.0. The van der Waals surface area contributed by atoms with Crippen molar-refractivity contribution in [2.75, 3.05) is 13.1 Å². The third-order valence-corrected chi connectivity index (χ3v) is 5.49. The van der Waals surface area contributed by atoms with Gasteiger partial charge in [-0.25, -0.2) is 4.39 Å². The number of aromatic nitrogens is 1. The Labute approximate surface area is 168 Å². The molecule has 1 amide bonds. The van der Waals surface area contributed by atoms with Crippen molar-refractivity contribution in [2.45, 2.75) is 32.9 Å². The number of fused-ring (bicyclic) bond motifs is 2. The molecular formula is C23H24FN3O2. The van der Waals surface area contributed by atoms with E-state index in [2.05, 4.69) is 17.2 Å². The van der Waals surface area contributed by atoms with E-state index in [0.717, 1.165) is 34.3 Å². The number of aromatic amines is 1. The van der Waals surface area contributed by atoms with E-state index in [1.807, 2.05) is 23.1 Å². The maximum atomic E-state index is 13.0. The van der Waals surface area contributed by atoms with E-state index in [-0.39, 0.29) is 23.7 Å². The molecule has 6 heteroatoms. The van der Waals surface area contributed by atoms with Gasteiger partial charge in [-0.15, -0.1) is 0 Å². The quantitative estimate of drug-likeness (QED) is 0.701. The molecule has 1 aromatic heterocycles. The Morgan fingerprint density at radius 3 is 2.69 bits per heavy atom. The lowest BCUT2D eigenvalue weighted by Gasteiger charge is -2.28. The summed E-state index contributed by atoms with van der Waals surface area (Å²) in [7, 11) is 0. The average molecular weight is 393 g/mol. The van der Waals surface area contributed by atoms with Crippen LogP contribution in [0, 0.1) is 5.82 Å². The number of rotatable bonds is 5. The number of carbonyl (C=O) groups excluding carboxylic acids is 1. The van der Waals surface area contributed by atoms with E-state index in [4.69, 9.17) is 0 Å². The van der Waals surface area contributed by atoms with E-state index in [1.54, 1.807) is 12.1 Å². The fraction of sp³-hybridized carbons (Fsp3) is 0.304. The van der Waals surface area contributed by atoms with Gasteiger partial charge in [-0.05, 0) is 41.8 Å². The van der Waals surface area contributed by atoms with E-state index in [9.17, 15) is 14.0 Å². The molecule has 1 aliphatic heterocycles. The second kappa shape index (κ2) is 8.17. The van der Waals surface area contributed by atoms with Crippen LogP contribution in [0.5, 0.6) is 0 Å². The van der Waals surface area contributed by atoms with Gasteiger partial charge in [-0.2, -0.15) is 0 Å². The first-order valence-electron chi connectivity index (χ1n) is 9.93. The summed E-state index contributed by atoms with van der Waals surface area (Å²) in [6.07, 6.45) is 1.59. The molecule has 0 saturated carbocycles. The summed E-state index contributed by atoms with van der Waals surface area (Å²) in [5.41, 5.74) is 4.63. The topological polar surface area (TPSA) is 65.2 Å². The average Bonchev–Trinajstić information content (AvgIpc) is 2.74. The third-order valence-electron chi connectivity index (χ3n) is 5.49. The number of halogens is 1. The van der Waals surface area contributed by atoms with Gasteiger partial charge in [0.25, 0.3) is 0 Å². The molecular weight excluding hydrogens is 369 g/mol. The van der Waals surface area contributed by atoms with Crippen molar-refractivity contribution in [3.8, 4) is 0 Å². The van der Waals surface area contributed by atoms with Crippen LogP contribution >= 0.6 is 0 Å². The van der Waals surface area contributed by atoms with Gasteiger partial charge < -0.3 is 10.3 Å². The zero-order chi connectivity index (χ0) is 20.4. The zero-order valence-electron chi connectivity index (χ0n) is 16.4. The summed E-state index contributed by atoms with van der Waals surface area (Å²) >= 11 is 0. The number of nitrogens with one attached hydrogen (secondary N) is 2. The minimum atomic E-state index is -0.295. The van der Waals surface area contributed by atoms with Crippen LogP contribution in [0.25, 0.3) is 10.9 Å². The first kappa shape index (κ1) is 19.3. The van der Waals surface area contributed by atoms with Gasteiger partial charge in [0.1, 0.15) is 5.82 Å². The van der Waals surface area contributed by atoms with Gasteiger partial charge in [0.15, 0.2) is 5.43 Å². The van der Waals surface area contributed by atoms with Crippen LogP contribution in [0.15, 0.2) is 47.3 Å². The first-order chi connectivity index (χ1) is 14.0. The monoisotopic (exact) mass is 393 g/mol. The van der Waals surface area contributed by atoms with Crippen LogP contribution in [0.4, 0.5) is 4.39 Å². The van der Waals surface area contributed by atoms with Crippen molar-refractivity contribution in [1.29, 1.82) is 0 Å². The summed E-state index contributed by atoms with van der Waals surface area (Å²) < 4.78 is 13.0. The molecule has 150 valence electrons. The Kier molecular flexibility index (Phi) is 5.45. The van der Waals surface area contributed by atoms with Gasteiger partial charge in [-0.3, -0.25) is 14.5 Å². The first-order valence-corrected chi connectivity index (χ1v) is 9.93. The number of aryl methyl sites for hydroxylation is 1. The number of pyridine rings is 1. The highest BCUT2D eigenvalue weighted by Gasteiger charge is 2.22. The summed E-state index contributed by atoms with van der Waals surface area (Å²) in [6.45, 7) is 3.83. The van der Waals surface area contributed by atoms with Crippen LogP contribution in [0.3, 0.4) is 0 Å². The van der Waals surface area contributed by atoms with Crippen molar-refractivity contribution >= 4 is 16.8 Å². The molecule has 0 spiro atoms. The van der Waals surface area contributed by atoms with E-state index < -0.39 is 0 Å². The molecule has 0 aliphatic carbocycles. The normalized spacial score (nSPS) is 14.0. The Morgan fingerprint density at radius 1 is 1.17 bits per heavy atom. The highest BCUT2D eigenvalue weighted by atomic mass is 19.1. The third kappa shape index (κ3) is 4.22. The van der Waals surface area contributed by atoms with Gasteiger partial charge in [-0.1, -0.05) is 25.1 Å². The molecule has 29 heavy (non-hydrogen) atoms. The van der Waals surface area contributed by atoms with Crippen LogP contribution in [-0.2, 0) is 30.7 Å². The molecule has 0 atom stereocenters. The number of hydrogen-bond acceptors (Lipinski definition) is 3. The van der Waals surface area contributed by atoms with Crippen LogP contribution in [0.2, 0.25) is 0 Å². The summed E-state index contributed by atoms with van der Waals surface area (Å²) in [5, 5.41) is 3.57. The molecule has 0 radical (unpaired) electrons. The number of nitrogens with zero attached hydrogens (tertiary/aromatic N) is 1. The molecule has 0 unspecified atom stereocenters. The van der Waals surface area contributed by atoms with E-state index in [1.165, 1.54) is 12.1 Å². The lowest BCUT2D eigenvalue weighted by Crippen LogP contribution is -2.41. The second-order valence-electron chi connectivity index (χ2n) is 7.51. The minimum absolute atomic E-state index is 0.0560. The van der Waals surface area contributed by atoms with Gasteiger partial charge >= 0.3 is 0 Å². The van der Waals surface area contributed by atoms with Crippen molar-refractivity contribution in [3.63, 3.8) is 0 Å². The number of amides is 1.